The zero-order valence-corrected chi connectivity index (χ0v) is 10.3. The van der Waals surface area contributed by atoms with Crippen molar-refractivity contribution in [2.45, 2.75) is 36.6 Å². The third-order valence-electron chi connectivity index (χ3n) is 2.38. The molecule has 0 nitrogen and oxygen atoms in total. The lowest BCUT2D eigenvalue weighted by molar-refractivity contribution is 0.708. The van der Waals surface area contributed by atoms with Crippen LogP contribution in [0.4, 0.5) is 0 Å². The Bertz CT molecular complexity index is 289. The van der Waals surface area contributed by atoms with E-state index in [1.54, 1.807) is 0 Å². The number of hydrogen-bond acceptors (Lipinski definition) is 1. The van der Waals surface area contributed by atoms with Gasteiger partial charge in [-0.25, -0.2) is 0 Å². The molecule has 2 rings (SSSR count). The normalized spacial score (nSPS) is 36.1. The van der Waals surface area contributed by atoms with Crippen LogP contribution >= 0.6 is 11.8 Å². The zero-order valence-electron chi connectivity index (χ0n) is 8.50. The number of rotatable bonds is 0. The molecule has 3 unspecified atom stereocenters. The van der Waals surface area contributed by atoms with Gasteiger partial charge in [0, 0.05) is 11.2 Å². The molecule has 0 saturated carbocycles. The fourth-order valence-corrected chi connectivity index (χ4v) is 3.85. The third kappa shape index (κ3) is 2.21. The lowest BCUT2D eigenvalue weighted by Gasteiger charge is -2.11. The first kappa shape index (κ1) is 9.42. The van der Waals surface area contributed by atoms with Crippen molar-refractivity contribution in [2.75, 3.05) is 0 Å². The van der Waals surface area contributed by atoms with Gasteiger partial charge in [-0.15, -0.1) is 17.3 Å². The fraction of sp³-hybridized carbons (Fsp3) is 0.636. The Kier molecular flexibility index (Phi) is 2.33. The Balaban J connectivity index is 2.04. The second kappa shape index (κ2) is 3.22. The van der Waals surface area contributed by atoms with Crippen LogP contribution in [-0.4, -0.2) is 18.6 Å². The van der Waals surface area contributed by atoms with E-state index in [0.29, 0.717) is 5.25 Å². The van der Waals surface area contributed by atoms with Gasteiger partial charge in [0.1, 0.15) is 8.07 Å². The molecule has 2 aliphatic rings. The van der Waals surface area contributed by atoms with Gasteiger partial charge in [0.2, 0.25) is 0 Å². The highest BCUT2D eigenvalue weighted by molar-refractivity contribution is 8.01. The van der Waals surface area contributed by atoms with Crippen LogP contribution in [0.2, 0.25) is 19.6 Å². The molecular weight excluding hydrogens is 192 g/mol. The molecular formula is C11H16SSi. The predicted octanol–water partition coefficient (Wildman–Crippen LogP) is 2.93. The third-order valence-corrected chi connectivity index (χ3v) is 4.73. The van der Waals surface area contributed by atoms with Crippen LogP contribution in [0.3, 0.4) is 0 Å². The van der Waals surface area contributed by atoms with Crippen molar-refractivity contribution in [1.82, 2.24) is 0 Å². The summed E-state index contributed by atoms with van der Waals surface area (Å²) in [6.45, 7) is 6.94. The first-order chi connectivity index (χ1) is 6.04. The second-order valence-electron chi connectivity index (χ2n) is 4.90. The SMILES string of the molecule is C[Si](C)(C)C#CC1SC2C=CC1C2. The monoisotopic (exact) mass is 208 g/mol. The molecule has 1 saturated heterocycles. The number of allylic oxidation sites excluding steroid dienone is 1. The standard InChI is InChI=1S/C11H16SSi/c1-13(2,3)7-6-11-9-4-5-10(8-9)12-11/h4-5,9-11H,8H2,1-3H3. The van der Waals surface area contributed by atoms with Crippen LogP contribution in [0, 0.1) is 17.4 Å². The molecule has 70 valence electrons. The van der Waals surface area contributed by atoms with Gasteiger partial charge in [0.25, 0.3) is 0 Å². The summed E-state index contributed by atoms with van der Waals surface area (Å²) in [5.74, 6) is 4.24. The van der Waals surface area contributed by atoms with E-state index < -0.39 is 8.07 Å². The van der Waals surface area contributed by atoms with Crippen molar-refractivity contribution in [3.05, 3.63) is 12.2 Å². The van der Waals surface area contributed by atoms with Gasteiger partial charge < -0.3 is 0 Å². The maximum absolute atomic E-state index is 3.48. The molecule has 3 atom stereocenters. The molecule has 0 aromatic carbocycles. The van der Waals surface area contributed by atoms with Gasteiger partial charge in [-0.3, -0.25) is 0 Å². The molecule has 1 fully saturated rings. The van der Waals surface area contributed by atoms with Crippen molar-refractivity contribution in [2.24, 2.45) is 5.92 Å². The predicted molar refractivity (Wildman–Crippen MR) is 63.5 cm³/mol. The maximum atomic E-state index is 3.48. The minimum atomic E-state index is -1.15. The van der Waals surface area contributed by atoms with Crippen molar-refractivity contribution in [3.8, 4) is 11.5 Å². The van der Waals surface area contributed by atoms with Gasteiger partial charge in [0.15, 0.2) is 0 Å². The fourth-order valence-electron chi connectivity index (χ4n) is 1.74. The molecule has 1 aliphatic heterocycles. The smallest absolute Gasteiger partial charge is 0.129 e. The molecule has 1 aliphatic carbocycles. The number of thioether (sulfide) groups is 1. The van der Waals surface area contributed by atoms with Crippen LogP contribution in [0.1, 0.15) is 6.42 Å². The molecule has 13 heavy (non-hydrogen) atoms. The highest BCUT2D eigenvalue weighted by Gasteiger charge is 2.35. The summed E-state index contributed by atoms with van der Waals surface area (Å²) in [6.07, 6.45) is 6.06. The minimum absolute atomic E-state index is 0.613. The van der Waals surface area contributed by atoms with Gasteiger partial charge in [0.05, 0.1) is 5.25 Å². The van der Waals surface area contributed by atoms with Gasteiger partial charge >= 0.3 is 0 Å². The number of hydrogen-bond donors (Lipinski definition) is 0. The Hall–Kier alpha value is -0.133. The lowest BCUT2D eigenvalue weighted by Crippen LogP contribution is -2.18. The van der Waals surface area contributed by atoms with Crippen molar-refractivity contribution in [3.63, 3.8) is 0 Å². The summed E-state index contributed by atoms with van der Waals surface area (Å²) in [5, 5.41) is 1.40. The van der Waals surface area contributed by atoms with Crippen LogP contribution in [0.5, 0.6) is 0 Å². The van der Waals surface area contributed by atoms with E-state index in [-0.39, 0.29) is 0 Å². The summed E-state index contributed by atoms with van der Waals surface area (Å²) in [4.78, 5) is 0. The van der Waals surface area contributed by atoms with Crippen molar-refractivity contribution in [1.29, 1.82) is 0 Å². The summed E-state index contributed by atoms with van der Waals surface area (Å²) in [5.41, 5.74) is 3.48. The second-order valence-corrected chi connectivity index (χ2v) is 11.0. The maximum Gasteiger partial charge on any atom is 0.129 e. The van der Waals surface area contributed by atoms with Crippen LogP contribution in [-0.2, 0) is 0 Å². The first-order valence-electron chi connectivity index (χ1n) is 4.91. The van der Waals surface area contributed by atoms with E-state index in [1.807, 2.05) is 0 Å². The van der Waals surface area contributed by atoms with E-state index >= 15 is 0 Å². The lowest BCUT2D eigenvalue weighted by atomic mass is 10.1. The highest BCUT2D eigenvalue weighted by Crippen LogP contribution is 2.44. The summed E-state index contributed by atoms with van der Waals surface area (Å²) >= 11 is 2.06. The molecule has 2 heteroatoms. The molecule has 0 aromatic rings. The van der Waals surface area contributed by atoms with E-state index in [0.717, 1.165) is 11.2 Å². The minimum Gasteiger partial charge on any atom is -0.137 e. The average molecular weight is 208 g/mol. The van der Waals surface area contributed by atoms with Gasteiger partial charge in [-0.05, 0) is 6.42 Å². The van der Waals surface area contributed by atoms with E-state index in [1.165, 1.54) is 6.42 Å². The molecule has 0 radical (unpaired) electrons. The average Bonchev–Trinajstić information content (AvgIpc) is 2.58. The first-order valence-corrected chi connectivity index (χ1v) is 9.35. The zero-order chi connectivity index (χ0) is 9.47. The Labute approximate surface area is 86.2 Å². The van der Waals surface area contributed by atoms with Crippen molar-refractivity contribution < 1.29 is 0 Å². The van der Waals surface area contributed by atoms with Crippen LogP contribution < -0.4 is 0 Å². The number of fused-ring (bicyclic) bond motifs is 2. The molecule has 0 N–H and O–H groups in total. The van der Waals surface area contributed by atoms with E-state index in [2.05, 4.69) is 55.0 Å². The summed E-state index contributed by atoms with van der Waals surface area (Å²) in [6, 6.07) is 0. The molecule has 0 amide bonds. The topological polar surface area (TPSA) is 0 Å². The Morgan fingerprint density at radius 3 is 2.54 bits per heavy atom. The molecule has 2 bridgehead atoms. The Morgan fingerprint density at radius 1 is 1.31 bits per heavy atom. The van der Waals surface area contributed by atoms with Crippen molar-refractivity contribution >= 4 is 19.8 Å². The highest BCUT2D eigenvalue weighted by atomic mass is 32.2. The van der Waals surface area contributed by atoms with Crippen LogP contribution in [0.25, 0.3) is 0 Å². The van der Waals surface area contributed by atoms with E-state index in [9.17, 15) is 0 Å². The quantitative estimate of drug-likeness (QED) is 0.335. The molecule has 0 aromatic heterocycles. The molecule has 0 spiro atoms. The Morgan fingerprint density at radius 2 is 2.08 bits per heavy atom. The van der Waals surface area contributed by atoms with E-state index in [4.69, 9.17) is 0 Å². The van der Waals surface area contributed by atoms with Gasteiger partial charge in [-0.2, -0.15) is 0 Å². The largest absolute Gasteiger partial charge is 0.137 e. The summed E-state index contributed by atoms with van der Waals surface area (Å²) in [7, 11) is -1.15. The van der Waals surface area contributed by atoms with Gasteiger partial charge in [-0.1, -0.05) is 37.7 Å². The summed E-state index contributed by atoms with van der Waals surface area (Å²) < 4.78 is 0. The van der Waals surface area contributed by atoms with Crippen LogP contribution in [0.15, 0.2) is 12.2 Å². The molecule has 1 heterocycles.